The van der Waals surface area contributed by atoms with Crippen molar-refractivity contribution in [3.8, 4) is 0 Å². The molecule has 0 aliphatic rings. The third-order valence-electron chi connectivity index (χ3n) is 2.11. The third-order valence-corrected chi connectivity index (χ3v) is 2.11. The van der Waals surface area contributed by atoms with Crippen molar-refractivity contribution >= 4 is 5.97 Å². The highest BCUT2D eigenvalue weighted by Gasteiger charge is 2.11. The summed E-state index contributed by atoms with van der Waals surface area (Å²) >= 11 is 0. The molecule has 0 amide bonds. The Morgan fingerprint density at radius 2 is 2.25 bits per heavy atom. The van der Waals surface area contributed by atoms with Gasteiger partial charge in [-0.2, -0.15) is 4.98 Å². The van der Waals surface area contributed by atoms with Gasteiger partial charge in [0.15, 0.2) is 5.82 Å². The lowest BCUT2D eigenvalue weighted by molar-refractivity contribution is -0.137. The summed E-state index contributed by atoms with van der Waals surface area (Å²) in [7, 11) is 1.82. The number of rotatable bonds is 6. The second-order valence-electron chi connectivity index (χ2n) is 4.08. The van der Waals surface area contributed by atoms with E-state index < -0.39 is 5.97 Å². The molecule has 6 heteroatoms. The molecular formula is C10H17N3O3. The lowest BCUT2D eigenvalue weighted by atomic mass is 10.2. The van der Waals surface area contributed by atoms with Crippen molar-refractivity contribution < 1.29 is 14.4 Å². The summed E-state index contributed by atoms with van der Waals surface area (Å²) in [5.74, 6) is 0.639. The first-order valence-corrected chi connectivity index (χ1v) is 5.22. The van der Waals surface area contributed by atoms with Crippen LogP contribution in [0.2, 0.25) is 0 Å². The molecule has 1 N–H and O–H groups in total. The highest BCUT2D eigenvalue weighted by atomic mass is 16.5. The number of hydrogen-bond donors (Lipinski definition) is 1. The van der Waals surface area contributed by atoms with Gasteiger partial charge in [-0.05, 0) is 7.05 Å². The van der Waals surface area contributed by atoms with Crippen LogP contribution in [0.4, 0.5) is 0 Å². The first kappa shape index (κ1) is 12.6. The molecule has 1 rings (SSSR count). The predicted octanol–water partition coefficient (Wildman–Crippen LogP) is 1.10. The van der Waals surface area contributed by atoms with Gasteiger partial charge in [0, 0.05) is 12.5 Å². The van der Waals surface area contributed by atoms with Gasteiger partial charge in [-0.15, -0.1) is 0 Å². The highest BCUT2D eigenvalue weighted by molar-refractivity contribution is 5.66. The fraction of sp³-hybridized carbons (Fsp3) is 0.700. The van der Waals surface area contributed by atoms with Crippen LogP contribution in [0.5, 0.6) is 0 Å². The van der Waals surface area contributed by atoms with E-state index in [1.165, 1.54) is 0 Å². The van der Waals surface area contributed by atoms with E-state index in [0.29, 0.717) is 24.8 Å². The summed E-state index contributed by atoms with van der Waals surface area (Å²) in [6.07, 6.45) is 0.113. The molecule has 0 aromatic carbocycles. The molecule has 0 atom stereocenters. The van der Waals surface area contributed by atoms with Crippen LogP contribution >= 0.6 is 0 Å². The van der Waals surface area contributed by atoms with Crippen molar-refractivity contribution in [3.63, 3.8) is 0 Å². The fourth-order valence-corrected chi connectivity index (χ4v) is 1.16. The number of aliphatic carboxylic acids is 1. The van der Waals surface area contributed by atoms with Gasteiger partial charge in [0.25, 0.3) is 0 Å². The van der Waals surface area contributed by atoms with Gasteiger partial charge in [-0.25, -0.2) is 0 Å². The second-order valence-corrected chi connectivity index (χ2v) is 4.08. The Kier molecular flexibility index (Phi) is 4.42. The predicted molar refractivity (Wildman–Crippen MR) is 57.0 cm³/mol. The molecule has 1 aromatic rings. The SMILES string of the molecule is CC(C)c1noc(CN(C)CCC(=O)O)n1. The van der Waals surface area contributed by atoms with Gasteiger partial charge in [0.2, 0.25) is 5.89 Å². The van der Waals surface area contributed by atoms with Crippen LogP contribution in [0, 0.1) is 0 Å². The summed E-state index contributed by atoms with van der Waals surface area (Å²) in [6.45, 7) is 4.92. The Morgan fingerprint density at radius 3 is 2.75 bits per heavy atom. The first-order valence-electron chi connectivity index (χ1n) is 5.22. The largest absolute Gasteiger partial charge is 0.481 e. The third kappa shape index (κ3) is 3.98. The second kappa shape index (κ2) is 5.60. The molecule has 6 nitrogen and oxygen atoms in total. The van der Waals surface area contributed by atoms with E-state index in [9.17, 15) is 4.79 Å². The van der Waals surface area contributed by atoms with Gasteiger partial charge in [-0.1, -0.05) is 19.0 Å². The maximum absolute atomic E-state index is 10.4. The van der Waals surface area contributed by atoms with Crippen LogP contribution < -0.4 is 0 Å². The minimum Gasteiger partial charge on any atom is -0.481 e. The van der Waals surface area contributed by atoms with Crippen molar-refractivity contribution in [2.45, 2.75) is 32.7 Å². The zero-order valence-corrected chi connectivity index (χ0v) is 9.80. The highest BCUT2D eigenvalue weighted by Crippen LogP contribution is 2.10. The average Bonchev–Trinajstić information content (AvgIpc) is 2.63. The number of hydrogen-bond acceptors (Lipinski definition) is 5. The molecule has 90 valence electrons. The minimum absolute atomic E-state index is 0.113. The summed E-state index contributed by atoms with van der Waals surface area (Å²) in [5, 5.41) is 12.4. The average molecular weight is 227 g/mol. The van der Waals surface area contributed by atoms with E-state index in [4.69, 9.17) is 9.63 Å². The molecule has 0 saturated heterocycles. The van der Waals surface area contributed by atoms with Gasteiger partial charge in [-0.3, -0.25) is 9.69 Å². The molecule has 0 spiro atoms. The van der Waals surface area contributed by atoms with Crippen LogP contribution in [0.3, 0.4) is 0 Å². The Bertz CT molecular complexity index is 349. The van der Waals surface area contributed by atoms with Crippen molar-refractivity contribution in [1.82, 2.24) is 15.0 Å². The van der Waals surface area contributed by atoms with Crippen LogP contribution in [-0.4, -0.2) is 39.7 Å². The number of carboxylic acid groups (broad SMARTS) is 1. The quantitative estimate of drug-likeness (QED) is 0.783. The van der Waals surface area contributed by atoms with Crippen LogP contribution in [0.1, 0.15) is 37.9 Å². The normalized spacial score (nSPS) is 11.3. The van der Waals surface area contributed by atoms with Crippen LogP contribution in [-0.2, 0) is 11.3 Å². The molecule has 0 aliphatic heterocycles. The smallest absolute Gasteiger partial charge is 0.304 e. The lowest BCUT2D eigenvalue weighted by Crippen LogP contribution is -2.21. The van der Waals surface area contributed by atoms with Crippen LogP contribution in [0.25, 0.3) is 0 Å². The number of carboxylic acids is 1. The molecular weight excluding hydrogens is 210 g/mol. The lowest BCUT2D eigenvalue weighted by Gasteiger charge is -2.11. The molecule has 0 unspecified atom stereocenters. The van der Waals surface area contributed by atoms with Gasteiger partial charge in [0.05, 0.1) is 13.0 Å². The first-order chi connectivity index (χ1) is 7.49. The van der Waals surface area contributed by atoms with E-state index in [2.05, 4.69) is 10.1 Å². The molecule has 0 saturated carbocycles. The van der Waals surface area contributed by atoms with Crippen molar-refractivity contribution in [2.75, 3.05) is 13.6 Å². The standard InChI is InChI=1S/C10H17N3O3/c1-7(2)10-11-8(16-12-10)6-13(3)5-4-9(14)15/h7H,4-6H2,1-3H3,(H,14,15). The molecule has 0 fully saturated rings. The van der Waals surface area contributed by atoms with E-state index in [-0.39, 0.29) is 12.3 Å². The van der Waals surface area contributed by atoms with Gasteiger partial charge in [0.1, 0.15) is 0 Å². The zero-order chi connectivity index (χ0) is 12.1. The van der Waals surface area contributed by atoms with E-state index in [0.717, 1.165) is 0 Å². The summed E-state index contributed by atoms with van der Waals surface area (Å²) in [4.78, 5) is 16.4. The summed E-state index contributed by atoms with van der Waals surface area (Å²) < 4.78 is 5.05. The minimum atomic E-state index is -0.805. The fourth-order valence-electron chi connectivity index (χ4n) is 1.16. The summed E-state index contributed by atoms with van der Waals surface area (Å²) in [6, 6.07) is 0. The van der Waals surface area contributed by atoms with E-state index in [1.54, 1.807) is 0 Å². The molecule has 16 heavy (non-hydrogen) atoms. The van der Waals surface area contributed by atoms with E-state index in [1.807, 2.05) is 25.8 Å². The van der Waals surface area contributed by atoms with Crippen molar-refractivity contribution in [3.05, 3.63) is 11.7 Å². The maximum Gasteiger partial charge on any atom is 0.304 e. The van der Waals surface area contributed by atoms with Crippen LogP contribution in [0.15, 0.2) is 4.52 Å². The molecule has 1 heterocycles. The molecule has 0 aliphatic carbocycles. The van der Waals surface area contributed by atoms with E-state index >= 15 is 0 Å². The molecule has 0 bridgehead atoms. The molecule has 0 radical (unpaired) electrons. The number of nitrogens with zero attached hydrogens (tertiary/aromatic N) is 3. The van der Waals surface area contributed by atoms with Gasteiger partial charge < -0.3 is 9.63 Å². The van der Waals surface area contributed by atoms with Crippen molar-refractivity contribution in [2.24, 2.45) is 0 Å². The topological polar surface area (TPSA) is 79.5 Å². The number of carbonyl (C=O) groups is 1. The Labute approximate surface area is 94.3 Å². The Hall–Kier alpha value is -1.43. The Balaban J connectivity index is 2.43. The summed E-state index contributed by atoms with van der Waals surface area (Å²) in [5.41, 5.74) is 0. The maximum atomic E-state index is 10.4. The Morgan fingerprint density at radius 1 is 1.56 bits per heavy atom. The van der Waals surface area contributed by atoms with Crippen molar-refractivity contribution in [1.29, 1.82) is 0 Å². The van der Waals surface area contributed by atoms with Gasteiger partial charge >= 0.3 is 5.97 Å². The zero-order valence-electron chi connectivity index (χ0n) is 9.80. The monoisotopic (exact) mass is 227 g/mol. The molecule has 1 aromatic heterocycles. The number of aromatic nitrogens is 2.